The van der Waals surface area contributed by atoms with E-state index in [9.17, 15) is 9.59 Å². The highest BCUT2D eigenvalue weighted by Gasteiger charge is 2.55. The molecule has 0 saturated heterocycles. The van der Waals surface area contributed by atoms with E-state index in [4.69, 9.17) is 0 Å². The summed E-state index contributed by atoms with van der Waals surface area (Å²) in [5.74, 6) is 6.94. The third-order valence-electron chi connectivity index (χ3n) is 6.41. The highest BCUT2D eigenvalue weighted by molar-refractivity contribution is 5.86. The molecule has 0 aliphatic heterocycles. The molecule has 3 aliphatic rings. The number of carbonyl (C=O) groups is 2. The van der Waals surface area contributed by atoms with Crippen LogP contribution < -0.4 is 0 Å². The van der Waals surface area contributed by atoms with E-state index in [-0.39, 0.29) is 26.4 Å². The van der Waals surface area contributed by atoms with Crippen LogP contribution in [0, 0.1) is 35.5 Å². The van der Waals surface area contributed by atoms with Gasteiger partial charge in [0.2, 0.25) is 0 Å². The summed E-state index contributed by atoms with van der Waals surface area (Å²) in [6.45, 7) is 14.2. The van der Waals surface area contributed by atoms with Crippen molar-refractivity contribution in [3.8, 4) is 0 Å². The summed E-state index contributed by atoms with van der Waals surface area (Å²) >= 11 is 0. The third-order valence-corrected chi connectivity index (χ3v) is 6.41. The van der Waals surface area contributed by atoms with Gasteiger partial charge in [-0.05, 0) is 87.2 Å². The van der Waals surface area contributed by atoms with Gasteiger partial charge in [0.25, 0.3) is 0 Å². The van der Waals surface area contributed by atoms with E-state index >= 15 is 0 Å². The van der Waals surface area contributed by atoms with Crippen molar-refractivity contribution in [3.05, 3.63) is 25.3 Å². The molecule has 3 aliphatic carbocycles. The molecule has 0 aromatic heterocycles. The van der Waals surface area contributed by atoms with Crippen molar-refractivity contribution in [2.75, 3.05) is 0 Å². The molecule has 6 atom stereocenters. The minimum atomic E-state index is 0. The molecule has 0 spiro atoms. The number of hydrogen-bond acceptors (Lipinski definition) is 2. The molecular formula is C24H44O2. The van der Waals surface area contributed by atoms with Crippen molar-refractivity contribution in [1.29, 1.82) is 0 Å². The lowest BCUT2D eigenvalue weighted by Crippen LogP contribution is -2.26. The molecule has 3 fully saturated rings. The van der Waals surface area contributed by atoms with Gasteiger partial charge in [-0.2, -0.15) is 0 Å². The van der Waals surface area contributed by atoms with E-state index in [2.05, 4.69) is 27.0 Å². The first-order valence-corrected chi connectivity index (χ1v) is 9.65. The molecule has 2 heteroatoms. The smallest absolute Gasteiger partial charge is 0.152 e. The summed E-state index contributed by atoms with van der Waals surface area (Å²) in [7, 11) is 0. The highest BCUT2D eigenvalue weighted by Crippen LogP contribution is 2.63. The van der Waals surface area contributed by atoms with E-state index in [1.165, 1.54) is 50.7 Å². The molecule has 0 aromatic rings. The van der Waals surface area contributed by atoms with Crippen molar-refractivity contribution in [1.82, 2.24) is 0 Å². The van der Waals surface area contributed by atoms with Crippen LogP contribution in [0.25, 0.3) is 0 Å². The Bertz CT molecular complexity index is 431. The molecule has 0 amide bonds. The van der Waals surface area contributed by atoms with E-state index in [1.807, 2.05) is 0 Å². The van der Waals surface area contributed by atoms with Gasteiger partial charge in [-0.3, -0.25) is 9.59 Å². The number of hydrogen-bond donors (Lipinski definition) is 0. The number of rotatable bonds is 4. The number of carbonyl (C=O) groups excluding carboxylic acids is 2. The summed E-state index contributed by atoms with van der Waals surface area (Å²) in [4.78, 5) is 19.4. The predicted octanol–water partition coefficient (Wildman–Crippen LogP) is 6.90. The summed E-state index contributed by atoms with van der Waals surface area (Å²) in [6, 6.07) is 0. The Morgan fingerprint density at radius 2 is 1.31 bits per heavy atom. The van der Waals surface area contributed by atoms with Crippen LogP contribution >= 0.6 is 0 Å². The molecule has 26 heavy (non-hydrogen) atoms. The maximum atomic E-state index is 9.69. The molecule has 0 heterocycles. The summed E-state index contributed by atoms with van der Waals surface area (Å²) in [6.07, 6.45) is 11.8. The fourth-order valence-corrected chi connectivity index (χ4v) is 5.36. The Kier molecular flexibility index (Phi) is 13.6. The first-order valence-electron chi connectivity index (χ1n) is 9.65. The summed E-state index contributed by atoms with van der Waals surface area (Å²) in [5, 5.41) is 0. The molecule has 3 rings (SSSR count). The maximum absolute atomic E-state index is 9.69. The SMILES string of the molecule is C.C.C=CC(C)=O.C=CC(C)=O.CCC1CC2CC1C1CCC(CC)C21. The van der Waals surface area contributed by atoms with Crippen molar-refractivity contribution < 1.29 is 9.59 Å². The van der Waals surface area contributed by atoms with Crippen LogP contribution in [0.15, 0.2) is 25.3 Å². The lowest BCUT2D eigenvalue weighted by Gasteiger charge is -2.33. The van der Waals surface area contributed by atoms with Crippen LogP contribution in [0.4, 0.5) is 0 Å². The van der Waals surface area contributed by atoms with Gasteiger partial charge in [-0.25, -0.2) is 0 Å². The quantitative estimate of drug-likeness (QED) is 0.508. The first kappa shape index (κ1) is 27.0. The zero-order valence-corrected chi connectivity index (χ0v) is 16.1. The van der Waals surface area contributed by atoms with Gasteiger partial charge in [-0.1, -0.05) is 54.7 Å². The van der Waals surface area contributed by atoms with Crippen LogP contribution in [0.3, 0.4) is 0 Å². The molecule has 3 saturated carbocycles. The van der Waals surface area contributed by atoms with Gasteiger partial charge in [-0.15, -0.1) is 0 Å². The van der Waals surface area contributed by atoms with E-state index in [0.29, 0.717) is 0 Å². The Labute approximate surface area is 163 Å². The fraction of sp³-hybridized carbons (Fsp3) is 0.750. The third kappa shape index (κ3) is 6.85. The minimum absolute atomic E-state index is 0. The molecule has 152 valence electrons. The van der Waals surface area contributed by atoms with Gasteiger partial charge < -0.3 is 0 Å². The Morgan fingerprint density at radius 3 is 1.69 bits per heavy atom. The zero-order chi connectivity index (χ0) is 18.3. The summed E-state index contributed by atoms with van der Waals surface area (Å²) in [5.41, 5.74) is 0. The predicted molar refractivity (Wildman–Crippen MR) is 115 cm³/mol. The van der Waals surface area contributed by atoms with Gasteiger partial charge >= 0.3 is 0 Å². The van der Waals surface area contributed by atoms with Gasteiger partial charge in [0.15, 0.2) is 11.6 Å². The van der Waals surface area contributed by atoms with Crippen LogP contribution in [-0.2, 0) is 9.59 Å². The number of fused-ring (bicyclic) bond motifs is 5. The van der Waals surface area contributed by atoms with Crippen LogP contribution in [0.5, 0.6) is 0 Å². The maximum Gasteiger partial charge on any atom is 0.152 e. The van der Waals surface area contributed by atoms with E-state index in [0.717, 1.165) is 23.7 Å². The largest absolute Gasteiger partial charge is 0.295 e. The normalized spacial score (nSPS) is 32.3. The average Bonchev–Trinajstić information content (AvgIpc) is 3.26. The van der Waals surface area contributed by atoms with Crippen LogP contribution in [-0.4, -0.2) is 11.6 Å². The van der Waals surface area contributed by atoms with Crippen molar-refractivity contribution >= 4 is 11.6 Å². The minimum Gasteiger partial charge on any atom is -0.295 e. The monoisotopic (exact) mass is 364 g/mol. The zero-order valence-electron chi connectivity index (χ0n) is 16.1. The average molecular weight is 365 g/mol. The van der Waals surface area contributed by atoms with Crippen molar-refractivity contribution in [2.45, 2.75) is 81.1 Å². The Morgan fingerprint density at radius 1 is 0.846 bits per heavy atom. The molecule has 6 unspecified atom stereocenters. The van der Waals surface area contributed by atoms with E-state index < -0.39 is 0 Å². The molecule has 2 nitrogen and oxygen atoms in total. The second kappa shape index (κ2) is 13.1. The van der Waals surface area contributed by atoms with E-state index in [1.54, 1.807) is 25.7 Å². The Hall–Kier alpha value is -1.18. The molecule has 0 N–H and O–H groups in total. The second-order valence-corrected chi connectivity index (χ2v) is 7.68. The fourth-order valence-electron chi connectivity index (χ4n) is 5.36. The summed E-state index contributed by atoms with van der Waals surface area (Å²) < 4.78 is 0. The van der Waals surface area contributed by atoms with Crippen molar-refractivity contribution in [2.24, 2.45) is 35.5 Å². The van der Waals surface area contributed by atoms with Gasteiger partial charge in [0.05, 0.1) is 0 Å². The number of allylic oxidation sites excluding steroid dienone is 2. The molecule has 0 radical (unpaired) electrons. The topological polar surface area (TPSA) is 34.1 Å². The van der Waals surface area contributed by atoms with Gasteiger partial charge in [0.1, 0.15) is 0 Å². The standard InChI is InChI=1S/C14H24.2C4H6O.2CH4/c1-3-9-5-6-12-13-8-11(14(9)12)7-10(13)4-2;2*1-3-4(2)5;;/h9-14H,3-8H2,1-2H3;2*3H,1H2,2H3;2*1H4. The first-order chi connectivity index (χ1) is 11.4. The molecule has 0 aromatic carbocycles. The number of ketones is 2. The molecule has 2 bridgehead atoms. The highest BCUT2D eigenvalue weighted by atomic mass is 16.1. The second-order valence-electron chi connectivity index (χ2n) is 7.68. The lowest BCUT2D eigenvalue weighted by atomic mass is 9.72. The van der Waals surface area contributed by atoms with Crippen LogP contribution in [0.2, 0.25) is 0 Å². The van der Waals surface area contributed by atoms with Gasteiger partial charge in [0, 0.05) is 0 Å². The Balaban J connectivity index is 0. The lowest BCUT2D eigenvalue weighted by molar-refractivity contribution is -0.113. The van der Waals surface area contributed by atoms with Crippen molar-refractivity contribution in [3.63, 3.8) is 0 Å². The van der Waals surface area contributed by atoms with Crippen LogP contribution in [0.1, 0.15) is 81.1 Å². The molecular weight excluding hydrogens is 320 g/mol.